The monoisotopic (exact) mass is 386 g/mol. The second-order valence-corrected chi connectivity index (χ2v) is 6.59. The summed E-state index contributed by atoms with van der Waals surface area (Å²) in [4.78, 5) is 33.8. The molecule has 27 heavy (non-hydrogen) atoms. The van der Waals surface area contributed by atoms with E-state index in [0.717, 1.165) is 11.8 Å². The maximum Gasteiger partial charge on any atom is 0.273 e. The molecule has 0 atom stereocenters. The number of hydrogen-bond donors (Lipinski definition) is 2. The zero-order valence-corrected chi connectivity index (χ0v) is 15.1. The first kappa shape index (κ1) is 18.4. The third-order valence-electron chi connectivity index (χ3n) is 3.63. The third kappa shape index (κ3) is 4.06. The molecule has 0 bridgehead atoms. The maximum absolute atomic E-state index is 12.0. The highest BCUT2D eigenvalue weighted by Crippen LogP contribution is 2.32. The second kappa shape index (κ2) is 7.46. The topological polar surface area (TPSA) is 127 Å². The lowest BCUT2D eigenvalue weighted by Crippen LogP contribution is -2.23. The van der Waals surface area contributed by atoms with Crippen molar-refractivity contribution in [2.24, 2.45) is 5.10 Å². The number of nitrogens with one attached hydrogen (secondary N) is 2. The van der Waals surface area contributed by atoms with Gasteiger partial charge in [0.15, 0.2) is 5.17 Å². The van der Waals surface area contributed by atoms with Crippen LogP contribution in [0.4, 0.5) is 5.69 Å². The molecule has 3 rings (SSSR count). The molecule has 0 radical (unpaired) electrons. The second-order valence-electron chi connectivity index (χ2n) is 5.56. The lowest BCUT2D eigenvalue weighted by atomic mass is 10.1. The summed E-state index contributed by atoms with van der Waals surface area (Å²) in [6.45, 7) is 2.96. The standard InChI is InChI=1S/C17H14N4O5S/c1-9-12(4-3-5-13(9)21(24)25)14-7-6-11(26-14)8-15-16(23)18-17(27-15)20-19-10(2)22/h3-8H,1-2H3,(H,19,22)(H,18,20,23)/b15-8-. The van der Waals surface area contributed by atoms with Gasteiger partial charge in [0.25, 0.3) is 11.6 Å². The quantitative estimate of drug-likeness (QED) is 0.473. The van der Waals surface area contributed by atoms with Crippen LogP contribution in [0.3, 0.4) is 0 Å². The van der Waals surface area contributed by atoms with Crippen molar-refractivity contribution in [2.75, 3.05) is 0 Å². The molecule has 1 aliphatic rings. The van der Waals surface area contributed by atoms with Gasteiger partial charge in [0.2, 0.25) is 5.91 Å². The molecule has 2 amide bonds. The molecule has 1 saturated heterocycles. The van der Waals surface area contributed by atoms with Crippen LogP contribution in [0, 0.1) is 17.0 Å². The first-order valence-electron chi connectivity index (χ1n) is 7.74. The number of amides is 2. The number of benzene rings is 1. The number of nitro benzene ring substituents is 1. The number of hydrogen-bond acceptors (Lipinski definition) is 7. The van der Waals surface area contributed by atoms with Crippen LogP contribution in [-0.2, 0) is 9.59 Å². The van der Waals surface area contributed by atoms with E-state index in [1.807, 2.05) is 0 Å². The van der Waals surface area contributed by atoms with Gasteiger partial charge >= 0.3 is 0 Å². The van der Waals surface area contributed by atoms with Crippen molar-refractivity contribution in [3.63, 3.8) is 0 Å². The average Bonchev–Trinajstić information content (AvgIpc) is 3.20. The molecule has 1 aliphatic heterocycles. The Hall–Kier alpha value is -3.40. The van der Waals surface area contributed by atoms with Gasteiger partial charge < -0.3 is 4.42 Å². The summed E-state index contributed by atoms with van der Waals surface area (Å²) in [5.41, 5.74) is 3.35. The van der Waals surface area contributed by atoms with Gasteiger partial charge in [-0.3, -0.25) is 25.0 Å². The summed E-state index contributed by atoms with van der Waals surface area (Å²) in [5.74, 6) is 0.152. The molecule has 9 nitrogen and oxygen atoms in total. The summed E-state index contributed by atoms with van der Waals surface area (Å²) in [6, 6.07) is 8.10. The van der Waals surface area contributed by atoms with Gasteiger partial charge in [-0.05, 0) is 30.8 Å². The molecule has 2 aromatic rings. The Kier molecular flexibility index (Phi) is 5.08. The molecule has 0 spiro atoms. The number of amidine groups is 1. The highest BCUT2D eigenvalue weighted by atomic mass is 32.2. The Balaban J connectivity index is 1.85. The third-order valence-corrected chi connectivity index (χ3v) is 4.54. The van der Waals surface area contributed by atoms with Crippen LogP contribution < -0.4 is 10.7 Å². The summed E-state index contributed by atoms with van der Waals surface area (Å²) in [7, 11) is 0. The van der Waals surface area contributed by atoms with Gasteiger partial charge in [-0.25, -0.2) is 5.43 Å². The SMILES string of the molecule is CC(=O)N/N=C1/NC(=O)/C(=C/c2ccc(-c3cccc([N+](=O)[O-])c3C)o2)S1. The number of carbonyl (C=O) groups is 2. The van der Waals surface area contributed by atoms with Crippen molar-refractivity contribution >= 4 is 40.5 Å². The fourth-order valence-electron chi connectivity index (χ4n) is 2.40. The van der Waals surface area contributed by atoms with E-state index in [-0.39, 0.29) is 22.7 Å². The van der Waals surface area contributed by atoms with Crippen LogP contribution in [0.1, 0.15) is 18.2 Å². The van der Waals surface area contributed by atoms with Gasteiger partial charge in [0.05, 0.1) is 9.83 Å². The summed E-state index contributed by atoms with van der Waals surface area (Å²) >= 11 is 1.06. The first-order chi connectivity index (χ1) is 12.8. The van der Waals surface area contributed by atoms with E-state index < -0.39 is 4.92 Å². The molecule has 0 aliphatic carbocycles. The summed E-state index contributed by atoms with van der Waals surface area (Å²) in [6.07, 6.45) is 1.53. The van der Waals surface area contributed by atoms with Gasteiger partial charge in [-0.2, -0.15) is 0 Å². The van der Waals surface area contributed by atoms with E-state index in [4.69, 9.17) is 4.42 Å². The van der Waals surface area contributed by atoms with Crippen molar-refractivity contribution in [2.45, 2.75) is 13.8 Å². The molecule has 2 heterocycles. The van der Waals surface area contributed by atoms with Crippen LogP contribution in [0.15, 0.2) is 44.8 Å². The van der Waals surface area contributed by atoms with Crippen molar-refractivity contribution in [3.05, 3.63) is 56.7 Å². The van der Waals surface area contributed by atoms with Crippen molar-refractivity contribution in [3.8, 4) is 11.3 Å². The molecule has 0 saturated carbocycles. The smallest absolute Gasteiger partial charge is 0.273 e. The first-order valence-corrected chi connectivity index (χ1v) is 8.56. The Labute approximate surface area is 157 Å². The van der Waals surface area contributed by atoms with Crippen LogP contribution in [0.25, 0.3) is 17.4 Å². The highest BCUT2D eigenvalue weighted by molar-refractivity contribution is 8.18. The van der Waals surface area contributed by atoms with Crippen LogP contribution in [0.5, 0.6) is 0 Å². The van der Waals surface area contributed by atoms with Crippen LogP contribution in [-0.4, -0.2) is 21.9 Å². The van der Waals surface area contributed by atoms with Crippen LogP contribution >= 0.6 is 11.8 Å². The number of carbonyl (C=O) groups excluding carboxylic acids is 2. The van der Waals surface area contributed by atoms with E-state index in [9.17, 15) is 19.7 Å². The van der Waals surface area contributed by atoms with E-state index in [1.165, 1.54) is 19.1 Å². The normalized spacial score (nSPS) is 16.6. The van der Waals surface area contributed by atoms with E-state index in [2.05, 4.69) is 15.8 Å². The number of furan rings is 1. The molecule has 10 heteroatoms. The van der Waals surface area contributed by atoms with E-state index in [1.54, 1.807) is 31.2 Å². The summed E-state index contributed by atoms with van der Waals surface area (Å²) < 4.78 is 5.73. The molecule has 1 aromatic carbocycles. The number of nitro groups is 1. The average molecular weight is 386 g/mol. The minimum atomic E-state index is -0.444. The van der Waals surface area contributed by atoms with Crippen molar-refractivity contribution in [1.29, 1.82) is 0 Å². The molecule has 0 unspecified atom stereocenters. The largest absolute Gasteiger partial charge is 0.457 e. The molecule has 138 valence electrons. The Morgan fingerprint density at radius 3 is 2.85 bits per heavy atom. The lowest BCUT2D eigenvalue weighted by Gasteiger charge is -2.03. The van der Waals surface area contributed by atoms with Crippen molar-refractivity contribution in [1.82, 2.24) is 10.7 Å². The fourth-order valence-corrected chi connectivity index (χ4v) is 3.16. The zero-order valence-electron chi connectivity index (χ0n) is 14.3. The van der Waals surface area contributed by atoms with Gasteiger partial charge in [-0.1, -0.05) is 12.1 Å². The number of nitrogens with zero attached hydrogens (tertiary/aromatic N) is 2. The number of rotatable bonds is 4. The molecular weight excluding hydrogens is 372 g/mol. The van der Waals surface area contributed by atoms with E-state index >= 15 is 0 Å². The van der Waals surface area contributed by atoms with Gasteiger partial charge in [0, 0.05) is 30.2 Å². The molecule has 1 aromatic heterocycles. The van der Waals surface area contributed by atoms with Gasteiger partial charge in [-0.15, -0.1) is 5.10 Å². The van der Waals surface area contributed by atoms with Crippen LogP contribution in [0.2, 0.25) is 0 Å². The Bertz CT molecular complexity index is 1010. The predicted octanol–water partition coefficient (Wildman–Crippen LogP) is 2.77. The minimum Gasteiger partial charge on any atom is -0.457 e. The maximum atomic E-state index is 12.0. The minimum absolute atomic E-state index is 0.00774. The van der Waals surface area contributed by atoms with E-state index in [0.29, 0.717) is 27.6 Å². The predicted molar refractivity (Wildman–Crippen MR) is 100 cm³/mol. The zero-order chi connectivity index (χ0) is 19.6. The fraction of sp³-hybridized carbons (Fsp3) is 0.118. The summed E-state index contributed by atoms with van der Waals surface area (Å²) in [5, 5.41) is 17.6. The highest BCUT2D eigenvalue weighted by Gasteiger charge is 2.25. The Morgan fingerprint density at radius 1 is 1.37 bits per heavy atom. The molecular formula is C17H14N4O5S. The lowest BCUT2D eigenvalue weighted by molar-refractivity contribution is -0.385. The number of hydrazone groups is 1. The number of thioether (sulfide) groups is 1. The Morgan fingerprint density at radius 2 is 2.15 bits per heavy atom. The van der Waals surface area contributed by atoms with Gasteiger partial charge in [0.1, 0.15) is 11.5 Å². The molecule has 2 N–H and O–H groups in total. The molecule has 1 fully saturated rings. The van der Waals surface area contributed by atoms with Crippen molar-refractivity contribution < 1.29 is 18.9 Å².